The molecule has 0 aliphatic carbocycles. The Morgan fingerprint density at radius 2 is 2.22 bits per heavy atom. The molecule has 0 bridgehead atoms. The van der Waals surface area contributed by atoms with Crippen LogP contribution in [0, 0.1) is 11.3 Å². The van der Waals surface area contributed by atoms with Crippen LogP contribution in [-0.4, -0.2) is 28.6 Å². The van der Waals surface area contributed by atoms with Crippen molar-refractivity contribution in [3.63, 3.8) is 0 Å². The summed E-state index contributed by atoms with van der Waals surface area (Å²) in [6, 6.07) is 4.85. The molecule has 0 aromatic carbocycles. The lowest BCUT2D eigenvalue weighted by molar-refractivity contribution is 0.0258. The number of rotatable bonds is 2. The van der Waals surface area contributed by atoms with Crippen LogP contribution >= 0.6 is 0 Å². The first-order valence-corrected chi connectivity index (χ1v) is 5.60. The van der Waals surface area contributed by atoms with Gasteiger partial charge in [0.25, 0.3) is 0 Å². The summed E-state index contributed by atoms with van der Waals surface area (Å²) in [6.07, 6.45) is 2.65. The first-order chi connectivity index (χ1) is 8.35. The lowest BCUT2D eigenvalue weighted by Gasteiger charge is -2.27. The van der Waals surface area contributed by atoms with Crippen molar-refractivity contribution in [3.8, 4) is 6.07 Å². The van der Waals surface area contributed by atoms with Gasteiger partial charge in [0.05, 0.1) is 6.07 Å². The van der Waals surface area contributed by atoms with Crippen LogP contribution in [0.4, 0.5) is 4.79 Å². The monoisotopic (exact) mass is 247 g/mol. The van der Waals surface area contributed by atoms with Crippen LogP contribution in [0.15, 0.2) is 24.5 Å². The minimum atomic E-state index is -0.700. The zero-order chi connectivity index (χ0) is 13.8. The van der Waals surface area contributed by atoms with E-state index in [2.05, 4.69) is 11.1 Å². The molecule has 1 atom stereocenters. The highest BCUT2D eigenvalue weighted by Crippen LogP contribution is 2.20. The summed E-state index contributed by atoms with van der Waals surface area (Å²) in [4.78, 5) is 17.1. The van der Waals surface area contributed by atoms with E-state index < -0.39 is 17.7 Å². The van der Waals surface area contributed by atoms with E-state index in [0.717, 1.165) is 0 Å². The highest BCUT2D eigenvalue weighted by Gasteiger charge is 2.26. The molecule has 0 N–H and O–H groups in total. The third-order valence-corrected chi connectivity index (χ3v) is 2.19. The van der Waals surface area contributed by atoms with Crippen molar-refractivity contribution in [1.82, 2.24) is 9.88 Å². The maximum absolute atomic E-state index is 11.9. The highest BCUT2D eigenvalue weighted by atomic mass is 16.6. The van der Waals surface area contributed by atoms with Crippen LogP contribution in [0.5, 0.6) is 0 Å². The second kappa shape index (κ2) is 5.50. The Bertz CT molecular complexity index is 446. The topological polar surface area (TPSA) is 66.2 Å². The third kappa shape index (κ3) is 3.74. The summed E-state index contributed by atoms with van der Waals surface area (Å²) < 4.78 is 5.22. The number of pyridine rings is 1. The van der Waals surface area contributed by atoms with Crippen LogP contribution in [0.3, 0.4) is 0 Å². The van der Waals surface area contributed by atoms with Crippen molar-refractivity contribution >= 4 is 6.09 Å². The lowest BCUT2D eigenvalue weighted by atomic mass is 10.1. The number of nitriles is 1. The standard InChI is InChI=1S/C13H17N3O2/c1-13(2,3)18-12(17)16(4)11(8-14)10-6-5-7-15-9-10/h5-7,9,11H,1-4H3. The maximum Gasteiger partial charge on any atom is 0.411 e. The van der Waals surface area contributed by atoms with E-state index in [0.29, 0.717) is 5.56 Å². The largest absolute Gasteiger partial charge is 0.444 e. The van der Waals surface area contributed by atoms with Gasteiger partial charge in [-0.1, -0.05) is 6.07 Å². The Hall–Kier alpha value is -2.09. The predicted octanol–water partition coefficient (Wildman–Crippen LogP) is 2.51. The van der Waals surface area contributed by atoms with Crippen molar-refractivity contribution in [3.05, 3.63) is 30.1 Å². The molecule has 96 valence electrons. The molecule has 1 rings (SSSR count). The summed E-state index contributed by atoms with van der Waals surface area (Å²) in [6.45, 7) is 5.35. The van der Waals surface area contributed by atoms with Crippen molar-refractivity contribution in [2.24, 2.45) is 0 Å². The minimum absolute atomic E-state index is 0.530. The Morgan fingerprint density at radius 1 is 1.56 bits per heavy atom. The van der Waals surface area contributed by atoms with E-state index in [4.69, 9.17) is 10.00 Å². The summed E-state index contributed by atoms with van der Waals surface area (Å²) in [5, 5.41) is 9.17. The van der Waals surface area contributed by atoms with Gasteiger partial charge >= 0.3 is 6.09 Å². The number of carbonyl (C=O) groups is 1. The summed E-state index contributed by atoms with van der Waals surface area (Å²) in [5.41, 5.74) is 0.0775. The van der Waals surface area contributed by atoms with E-state index >= 15 is 0 Å². The molecule has 0 aliphatic rings. The van der Waals surface area contributed by atoms with Crippen molar-refractivity contribution in [1.29, 1.82) is 5.26 Å². The van der Waals surface area contributed by atoms with Gasteiger partial charge in [-0.05, 0) is 26.8 Å². The number of aromatic nitrogens is 1. The molecule has 1 unspecified atom stereocenters. The van der Waals surface area contributed by atoms with Gasteiger partial charge in [0.15, 0.2) is 0 Å². The summed E-state index contributed by atoms with van der Waals surface area (Å²) >= 11 is 0. The molecular formula is C13H17N3O2. The van der Waals surface area contributed by atoms with E-state index in [1.54, 1.807) is 45.3 Å². The van der Waals surface area contributed by atoms with Crippen molar-refractivity contribution in [2.75, 3.05) is 7.05 Å². The molecule has 0 aliphatic heterocycles. The summed E-state index contributed by atoms with van der Waals surface area (Å²) in [5.74, 6) is 0. The Labute approximate surface area is 107 Å². The van der Waals surface area contributed by atoms with E-state index in [1.807, 2.05) is 0 Å². The number of ether oxygens (including phenoxy) is 1. The SMILES string of the molecule is CN(C(=O)OC(C)(C)C)C(C#N)c1cccnc1. The van der Waals surface area contributed by atoms with E-state index in [1.165, 1.54) is 11.9 Å². The van der Waals surface area contributed by atoms with Gasteiger partial charge in [-0.25, -0.2) is 4.79 Å². The zero-order valence-corrected chi connectivity index (χ0v) is 11.0. The summed E-state index contributed by atoms with van der Waals surface area (Å²) in [7, 11) is 1.54. The molecule has 18 heavy (non-hydrogen) atoms. The number of amides is 1. The Balaban J connectivity index is 2.85. The molecule has 0 saturated heterocycles. The Morgan fingerprint density at radius 3 is 2.67 bits per heavy atom. The van der Waals surface area contributed by atoms with Gasteiger partial charge in [0.1, 0.15) is 11.6 Å². The van der Waals surface area contributed by atoms with E-state index in [-0.39, 0.29) is 0 Å². The average Bonchev–Trinajstić information content (AvgIpc) is 2.29. The Kier molecular flexibility index (Phi) is 4.27. The first-order valence-electron chi connectivity index (χ1n) is 5.60. The lowest BCUT2D eigenvalue weighted by Crippen LogP contribution is -2.36. The minimum Gasteiger partial charge on any atom is -0.444 e. The highest BCUT2D eigenvalue weighted by molar-refractivity contribution is 5.69. The molecule has 0 saturated carbocycles. The predicted molar refractivity (Wildman–Crippen MR) is 66.6 cm³/mol. The smallest absolute Gasteiger partial charge is 0.411 e. The van der Waals surface area contributed by atoms with Gasteiger partial charge in [-0.2, -0.15) is 5.26 Å². The number of carbonyl (C=O) groups excluding carboxylic acids is 1. The van der Waals surface area contributed by atoms with Gasteiger partial charge in [0, 0.05) is 25.0 Å². The second-order valence-corrected chi connectivity index (χ2v) is 4.91. The number of hydrogen-bond donors (Lipinski definition) is 0. The fraction of sp³-hybridized carbons (Fsp3) is 0.462. The van der Waals surface area contributed by atoms with Crippen LogP contribution < -0.4 is 0 Å². The van der Waals surface area contributed by atoms with Crippen LogP contribution in [-0.2, 0) is 4.74 Å². The van der Waals surface area contributed by atoms with Crippen LogP contribution in [0.25, 0.3) is 0 Å². The normalized spacial score (nSPS) is 12.4. The second-order valence-electron chi connectivity index (χ2n) is 4.91. The molecule has 5 heteroatoms. The van der Waals surface area contributed by atoms with Gasteiger partial charge in [-0.3, -0.25) is 9.88 Å². The molecule has 1 amide bonds. The zero-order valence-electron chi connectivity index (χ0n) is 11.0. The van der Waals surface area contributed by atoms with Crippen molar-refractivity contribution in [2.45, 2.75) is 32.4 Å². The molecule has 0 fully saturated rings. The number of nitrogens with zero attached hydrogens (tertiary/aromatic N) is 3. The molecule has 1 aromatic heterocycles. The van der Waals surface area contributed by atoms with Crippen molar-refractivity contribution < 1.29 is 9.53 Å². The van der Waals surface area contributed by atoms with Gasteiger partial charge in [0.2, 0.25) is 0 Å². The molecule has 0 spiro atoms. The molecule has 1 heterocycles. The molecule has 0 radical (unpaired) electrons. The fourth-order valence-electron chi connectivity index (χ4n) is 1.36. The maximum atomic E-state index is 11.9. The van der Waals surface area contributed by atoms with Gasteiger partial charge in [-0.15, -0.1) is 0 Å². The quantitative estimate of drug-likeness (QED) is 0.805. The molecule has 5 nitrogen and oxygen atoms in total. The molecular weight excluding hydrogens is 230 g/mol. The number of hydrogen-bond acceptors (Lipinski definition) is 4. The fourth-order valence-corrected chi connectivity index (χ4v) is 1.36. The first kappa shape index (κ1) is 14.0. The third-order valence-electron chi connectivity index (χ3n) is 2.19. The van der Waals surface area contributed by atoms with E-state index in [9.17, 15) is 4.79 Å². The van der Waals surface area contributed by atoms with Gasteiger partial charge < -0.3 is 4.74 Å². The molecule has 1 aromatic rings. The van der Waals surface area contributed by atoms with Crippen LogP contribution in [0.1, 0.15) is 32.4 Å². The van der Waals surface area contributed by atoms with Crippen LogP contribution in [0.2, 0.25) is 0 Å². The average molecular weight is 247 g/mol.